The molecule has 0 aliphatic heterocycles. The van der Waals surface area contributed by atoms with Crippen molar-refractivity contribution in [1.29, 1.82) is 0 Å². The standard InChI is InChI=1S/C13H19N3/c1-13(2,14-3)9-12-10-7-5-6-8-11(10)15-16(12)4/h5-8,14H,9H2,1-4H3. The highest BCUT2D eigenvalue weighted by atomic mass is 15.3. The number of hydrogen-bond acceptors (Lipinski definition) is 2. The van der Waals surface area contributed by atoms with E-state index in [-0.39, 0.29) is 5.54 Å². The monoisotopic (exact) mass is 217 g/mol. The van der Waals surface area contributed by atoms with Crippen molar-refractivity contribution in [2.45, 2.75) is 25.8 Å². The second-order valence-corrected chi connectivity index (χ2v) is 4.90. The molecule has 1 aromatic heterocycles. The third-order valence-electron chi connectivity index (χ3n) is 3.15. The van der Waals surface area contributed by atoms with Crippen LogP contribution in [0.4, 0.5) is 0 Å². The maximum atomic E-state index is 4.52. The van der Waals surface area contributed by atoms with Crippen LogP contribution in [-0.4, -0.2) is 22.4 Å². The first-order chi connectivity index (χ1) is 7.53. The fourth-order valence-corrected chi connectivity index (χ4v) is 1.92. The Bertz CT molecular complexity index is 497. The zero-order valence-corrected chi connectivity index (χ0v) is 10.4. The van der Waals surface area contributed by atoms with E-state index in [9.17, 15) is 0 Å². The molecule has 0 spiro atoms. The van der Waals surface area contributed by atoms with Crippen molar-refractivity contribution >= 4 is 10.9 Å². The van der Waals surface area contributed by atoms with Crippen LogP contribution in [0.25, 0.3) is 10.9 Å². The number of rotatable bonds is 3. The van der Waals surface area contributed by atoms with Gasteiger partial charge in [-0.1, -0.05) is 18.2 Å². The average Bonchev–Trinajstić information content (AvgIpc) is 2.56. The Labute approximate surface area is 96.5 Å². The Morgan fingerprint density at radius 1 is 1.31 bits per heavy atom. The highest BCUT2D eigenvalue weighted by Crippen LogP contribution is 2.21. The van der Waals surface area contributed by atoms with Crippen molar-refractivity contribution in [2.24, 2.45) is 7.05 Å². The van der Waals surface area contributed by atoms with Crippen LogP contribution in [0.15, 0.2) is 24.3 Å². The molecule has 16 heavy (non-hydrogen) atoms. The van der Waals surface area contributed by atoms with E-state index in [4.69, 9.17) is 0 Å². The lowest BCUT2D eigenvalue weighted by molar-refractivity contribution is 0.411. The van der Waals surface area contributed by atoms with E-state index in [2.05, 4.69) is 42.5 Å². The average molecular weight is 217 g/mol. The number of aryl methyl sites for hydroxylation is 1. The van der Waals surface area contributed by atoms with Gasteiger partial charge in [0.05, 0.1) is 5.52 Å². The van der Waals surface area contributed by atoms with Crippen molar-refractivity contribution in [1.82, 2.24) is 15.1 Å². The Kier molecular flexibility index (Phi) is 2.72. The molecule has 0 amide bonds. The van der Waals surface area contributed by atoms with Crippen LogP contribution in [0.1, 0.15) is 19.5 Å². The summed E-state index contributed by atoms with van der Waals surface area (Å²) in [5, 5.41) is 9.11. The van der Waals surface area contributed by atoms with E-state index < -0.39 is 0 Å². The first kappa shape index (κ1) is 11.1. The van der Waals surface area contributed by atoms with E-state index in [1.807, 2.05) is 24.8 Å². The molecule has 2 rings (SSSR count). The van der Waals surface area contributed by atoms with Gasteiger partial charge in [-0.25, -0.2) is 0 Å². The number of nitrogens with one attached hydrogen (secondary N) is 1. The lowest BCUT2D eigenvalue weighted by atomic mass is 9.97. The quantitative estimate of drug-likeness (QED) is 0.853. The number of benzene rings is 1. The highest BCUT2D eigenvalue weighted by molar-refractivity contribution is 5.81. The fraction of sp³-hybridized carbons (Fsp3) is 0.462. The summed E-state index contributed by atoms with van der Waals surface area (Å²) in [5.74, 6) is 0. The molecule has 0 aliphatic carbocycles. The van der Waals surface area contributed by atoms with Crippen LogP contribution in [0.5, 0.6) is 0 Å². The summed E-state index contributed by atoms with van der Waals surface area (Å²) >= 11 is 0. The molecule has 0 saturated carbocycles. The van der Waals surface area contributed by atoms with Crippen LogP contribution in [0.3, 0.4) is 0 Å². The van der Waals surface area contributed by atoms with Gasteiger partial charge in [0.1, 0.15) is 0 Å². The molecule has 0 fully saturated rings. The first-order valence-electron chi connectivity index (χ1n) is 5.63. The minimum Gasteiger partial charge on any atom is -0.314 e. The Morgan fingerprint density at radius 2 is 2.00 bits per heavy atom. The molecule has 86 valence electrons. The fourth-order valence-electron chi connectivity index (χ4n) is 1.92. The molecule has 3 heteroatoms. The molecule has 0 radical (unpaired) electrons. The van der Waals surface area contributed by atoms with Gasteiger partial charge in [-0.15, -0.1) is 0 Å². The van der Waals surface area contributed by atoms with E-state index in [0.717, 1.165) is 11.9 Å². The van der Waals surface area contributed by atoms with Crippen molar-refractivity contribution in [3.8, 4) is 0 Å². The lowest BCUT2D eigenvalue weighted by Gasteiger charge is -2.24. The molecule has 2 aromatic rings. The second-order valence-electron chi connectivity index (χ2n) is 4.90. The highest BCUT2D eigenvalue weighted by Gasteiger charge is 2.19. The zero-order valence-electron chi connectivity index (χ0n) is 10.4. The molecule has 0 aliphatic rings. The number of nitrogens with zero attached hydrogens (tertiary/aromatic N) is 2. The summed E-state index contributed by atoms with van der Waals surface area (Å²) < 4.78 is 1.99. The van der Waals surface area contributed by atoms with Crippen molar-refractivity contribution in [3.63, 3.8) is 0 Å². The normalized spacial score (nSPS) is 12.2. The van der Waals surface area contributed by atoms with Crippen LogP contribution in [-0.2, 0) is 13.5 Å². The Hall–Kier alpha value is -1.35. The first-order valence-corrected chi connectivity index (χ1v) is 5.63. The van der Waals surface area contributed by atoms with E-state index in [1.165, 1.54) is 11.1 Å². The maximum absolute atomic E-state index is 4.52. The van der Waals surface area contributed by atoms with Gasteiger partial charge in [0, 0.05) is 30.1 Å². The lowest BCUT2D eigenvalue weighted by Crippen LogP contribution is -2.38. The topological polar surface area (TPSA) is 29.9 Å². The molecule has 1 heterocycles. The van der Waals surface area contributed by atoms with Crippen molar-refractivity contribution < 1.29 is 0 Å². The smallest absolute Gasteiger partial charge is 0.0926 e. The molecule has 1 aromatic carbocycles. The predicted octanol–water partition coefficient (Wildman–Crippen LogP) is 2.11. The molecule has 0 saturated heterocycles. The molecule has 0 atom stereocenters. The minimum atomic E-state index is 0.0938. The van der Waals surface area contributed by atoms with E-state index in [1.54, 1.807) is 0 Å². The van der Waals surface area contributed by atoms with Crippen molar-refractivity contribution in [2.75, 3.05) is 7.05 Å². The summed E-state index contributed by atoms with van der Waals surface area (Å²) in [7, 11) is 4.01. The van der Waals surface area contributed by atoms with E-state index in [0.29, 0.717) is 0 Å². The zero-order chi connectivity index (χ0) is 11.8. The number of hydrogen-bond donors (Lipinski definition) is 1. The van der Waals surface area contributed by atoms with Gasteiger partial charge in [0.2, 0.25) is 0 Å². The second kappa shape index (κ2) is 3.91. The largest absolute Gasteiger partial charge is 0.314 e. The van der Waals surface area contributed by atoms with Gasteiger partial charge in [0.25, 0.3) is 0 Å². The summed E-state index contributed by atoms with van der Waals surface area (Å²) in [6.07, 6.45) is 0.973. The van der Waals surface area contributed by atoms with Crippen molar-refractivity contribution in [3.05, 3.63) is 30.0 Å². The van der Waals surface area contributed by atoms with Gasteiger partial charge in [-0.2, -0.15) is 5.10 Å². The molecule has 0 bridgehead atoms. The van der Waals surface area contributed by atoms with Crippen LogP contribution in [0.2, 0.25) is 0 Å². The SMILES string of the molecule is CNC(C)(C)Cc1c2ccccc2nn1C. The molecular formula is C13H19N3. The summed E-state index contributed by atoms with van der Waals surface area (Å²) in [6.45, 7) is 4.41. The molecule has 1 N–H and O–H groups in total. The third-order valence-corrected chi connectivity index (χ3v) is 3.15. The predicted molar refractivity (Wildman–Crippen MR) is 67.6 cm³/mol. The van der Waals surface area contributed by atoms with Crippen LogP contribution < -0.4 is 5.32 Å². The minimum absolute atomic E-state index is 0.0938. The molecule has 3 nitrogen and oxygen atoms in total. The molecule has 0 unspecified atom stereocenters. The summed E-state index contributed by atoms with van der Waals surface area (Å²) in [5.41, 5.74) is 2.46. The maximum Gasteiger partial charge on any atom is 0.0926 e. The van der Waals surface area contributed by atoms with Gasteiger partial charge < -0.3 is 5.32 Å². The van der Waals surface area contributed by atoms with E-state index >= 15 is 0 Å². The van der Waals surface area contributed by atoms with Crippen LogP contribution >= 0.6 is 0 Å². The number of aromatic nitrogens is 2. The summed E-state index contributed by atoms with van der Waals surface area (Å²) in [6, 6.07) is 8.30. The Balaban J connectivity index is 2.47. The number of likely N-dealkylation sites (N-methyl/N-ethyl adjacent to an activating group) is 1. The van der Waals surface area contributed by atoms with Gasteiger partial charge in [-0.05, 0) is 27.0 Å². The van der Waals surface area contributed by atoms with Gasteiger partial charge >= 0.3 is 0 Å². The third kappa shape index (κ3) is 1.95. The van der Waals surface area contributed by atoms with Crippen LogP contribution in [0, 0.1) is 0 Å². The summed E-state index contributed by atoms with van der Waals surface area (Å²) in [4.78, 5) is 0. The molecular weight excluding hydrogens is 198 g/mol. The number of fused-ring (bicyclic) bond motifs is 1. The van der Waals surface area contributed by atoms with Gasteiger partial charge in [-0.3, -0.25) is 4.68 Å². The Morgan fingerprint density at radius 3 is 2.69 bits per heavy atom. The van der Waals surface area contributed by atoms with Gasteiger partial charge in [0.15, 0.2) is 0 Å².